The Balaban J connectivity index is 2.23. The summed E-state index contributed by atoms with van der Waals surface area (Å²) in [6.07, 6.45) is 3.20. The molecule has 1 fully saturated rings. The average Bonchev–Trinajstić information content (AvgIpc) is 2.29. The number of anilines is 2. The van der Waals surface area contributed by atoms with Crippen LogP contribution in [0.15, 0.2) is 16.9 Å². The molecule has 0 saturated carbocycles. The minimum atomic E-state index is -0.145. The van der Waals surface area contributed by atoms with Gasteiger partial charge in [-0.15, -0.1) is 0 Å². The van der Waals surface area contributed by atoms with Crippen molar-refractivity contribution in [3.63, 3.8) is 0 Å². The van der Waals surface area contributed by atoms with Gasteiger partial charge in [0.1, 0.15) is 0 Å². The van der Waals surface area contributed by atoms with Crippen LogP contribution < -0.4 is 10.6 Å². The molecule has 1 saturated heterocycles. The number of morpholine rings is 1. The van der Waals surface area contributed by atoms with Crippen LogP contribution in [0.1, 0.15) is 0 Å². The molecule has 1 aliphatic heterocycles. The Bertz CT molecular complexity index is 355. The third kappa shape index (κ3) is 2.28. The lowest BCUT2D eigenvalue weighted by molar-refractivity contribution is 0.00357. The Morgan fingerprint density at radius 2 is 2.44 bits per heavy atom. The Morgan fingerprint density at radius 3 is 3.12 bits per heavy atom. The smallest absolute Gasteiger partial charge is 0.0980 e. The van der Waals surface area contributed by atoms with Crippen LogP contribution >= 0.6 is 15.9 Å². The molecule has 3 N–H and O–H groups in total. The first-order chi connectivity index (χ1) is 7.72. The number of pyridine rings is 1. The van der Waals surface area contributed by atoms with Crippen LogP contribution in [0, 0.1) is 0 Å². The first kappa shape index (κ1) is 11.6. The fourth-order valence-corrected chi connectivity index (χ4v) is 2.41. The van der Waals surface area contributed by atoms with E-state index in [1.165, 1.54) is 0 Å². The first-order valence-corrected chi connectivity index (χ1v) is 5.88. The average molecular weight is 288 g/mol. The number of nitrogens with two attached hydrogens (primary N) is 1. The molecule has 1 atom stereocenters. The van der Waals surface area contributed by atoms with E-state index < -0.39 is 0 Å². The van der Waals surface area contributed by atoms with Gasteiger partial charge >= 0.3 is 0 Å². The molecule has 0 spiro atoms. The van der Waals surface area contributed by atoms with E-state index in [0.717, 1.165) is 16.7 Å². The lowest BCUT2D eigenvalue weighted by atomic mass is 10.2. The van der Waals surface area contributed by atoms with Gasteiger partial charge in [-0.05, 0) is 15.9 Å². The maximum Gasteiger partial charge on any atom is 0.0980 e. The third-order valence-electron chi connectivity index (χ3n) is 2.56. The second-order valence-corrected chi connectivity index (χ2v) is 4.53. The third-order valence-corrected chi connectivity index (χ3v) is 3.14. The predicted octanol–water partition coefficient (Wildman–Crippen LogP) is 0.624. The summed E-state index contributed by atoms with van der Waals surface area (Å²) in [4.78, 5) is 6.10. The van der Waals surface area contributed by atoms with E-state index >= 15 is 0 Å². The van der Waals surface area contributed by atoms with Crippen LogP contribution in [-0.2, 0) is 4.74 Å². The number of nitrogen functional groups attached to an aromatic ring is 1. The maximum atomic E-state index is 9.09. The quantitative estimate of drug-likeness (QED) is 0.835. The molecular weight excluding hydrogens is 274 g/mol. The summed E-state index contributed by atoms with van der Waals surface area (Å²) in [6, 6.07) is 0. The van der Waals surface area contributed by atoms with Gasteiger partial charge in [-0.1, -0.05) is 0 Å². The van der Waals surface area contributed by atoms with Crippen molar-refractivity contribution >= 4 is 27.3 Å². The van der Waals surface area contributed by atoms with Gasteiger partial charge in [0.2, 0.25) is 0 Å². The topological polar surface area (TPSA) is 71.6 Å². The highest BCUT2D eigenvalue weighted by atomic mass is 79.9. The van der Waals surface area contributed by atoms with Crippen molar-refractivity contribution in [2.45, 2.75) is 6.10 Å². The van der Waals surface area contributed by atoms with Crippen LogP contribution in [0.5, 0.6) is 0 Å². The Morgan fingerprint density at radius 1 is 1.62 bits per heavy atom. The number of hydrogen-bond acceptors (Lipinski definition) is 5. The zero-order chi connectivity index (χ0) is 11.5. The van der Waals surface area contributed by atoms with Gasteiger partial charge in [-0.25, -0.2) is 0 Å². The van der Waals surface area contributed by atoms with E-state index in [9.17, 15) is 0 Å². The number of aliphatic hydroxyl groups is 1. The predicted molar refractivity (Wildman–Crippen MR) is 65.4 cm³/mol. The molecule has 1 aromatic heterocycles. The van der Waals surface area contributed by atoms with Crippen molar-refractivity contribution in [2.75, 3.05) is 36.9 Å². The highest BCUT2D eigenvalue weighted by Gasteiger charge is 2.22. The van der Waals surface area contributed by atoms with Gasteiger partial charge in [0.25, 0.3) is 0 Å². The lowest BCUT2D eigenvalue weighted by Crippen LogP contribution is -2.44. The van der Waals surface area contributed by atoms with Crippen LogP contribution in [-0.4, -0.2) is 42.5 Å². The standard InChI is InChI=1S/C10H14BrN3O2/c11-8-3-13-4-9(12)10(8)14-1-2-16-7(5-14)6-15/h3-4,7,15H,1-2,5-6,12H2. The summed E-state index contributed by atoms with van der Waals surface area (Å²) in [5, 5.41) is 9.09. The summed E-state index contributed by atoms with van der Waals surface area (Å²) >= 11 is 3.44. The van der Waals surface area contributed by atoms with Crippen molar-refractivity contribution < 1.29 is 9.84 Å². The van der Waals surface area contributed by atoms with E-state index in [1.54, 1.807) is 12.4 Å². The number of ether oxygens (including phenoxy) is 1. The Hall–Kier alpha value is -0.850. The molecule has 16 heavy (non-hydrogen) atoms. The Kier molecular flexibility index (Phi) is 3.63. The van der Waals surface area contributed by atoms with Crippen molar-refractivity contribution in [3.05, 3.63) is 16.9 Å². The van der Waals surface area contributed by atoms with E-state index in [-0.39, 0.29) is 12.7 Å². The summed E-state index contributed by atoms with van der Waals surface area (Å²) in [5.41, 5.74) is 7.46. The molecular formula is C10H14BrN3O2. The van der Waals surface area contributed by atoms with Gasteiger partial charge in [-0.3, -0.25) is 4.98 Å². The molecule has 88 valence electrons. The monoisotopic (exact) mass is 287 g/mol. The number of aliphatic hydroxyl groups excluding tert-OH is 1. The second kappa shape index (κ2) is 4.99. The van der Waals surface area contributed by atoms with E-state index in [2.05, 4.69) is 25.8 Å². The zero-order valence-corrected chi connectivity index (χ0v) is 10.4. The number of hydrogen-bond donors (Lipinski definition) is 2. The SMILES string of the molecule is Nc1cncc(Br)c1N1CCOC(CO)C1. The summed E-state index contributed by atoms with van der Waals surface area (Å²) in [7, 11) is 0. The zero-order valence-electron chi connectivity index (χ0n) is 8.77. The molecule has 5 nitrogen and oxygen atoms in total. The van der Waals surface area contributed by atoms with Crippen molar-refractivity contribution in [1.82, 2.24) is 4.98 Å². The van der Waals surface area contributed by atoms with E-state index in [0.29, 0.717) is 18.8 Å². The van der Waals surface area contributed by atoms with Crippen LogP contribution in [0.3, 0.4) is 0 Å². The van der Waals surface area contributed by atoms with Gasteiger partial charge < -0.3 is 20.5 Å². The second-order valence-electron chi connectivity index (χ2n) is 3.68. The van der Waals surface area contributed by atoms with Crippen LogP contribution in [0.4, 0.5) is 11.4 Å². The first-order valence-electron chi connectivity index (χ1n) is 5.08. The van der Waals surface area contributed by atoms with Gasteiger partial charge in [0.05, 0.1) is 41.4 Å². The van der Waals surface area contributed by atoms with E-state index in [4.69, 9.17) is 15.6 Å². The highest BCUT2D eigenvalue weighted by Crippen LogP contribution is 2.32. The normalized spacial score (nSPS) is 21.1. The van der Waals surface area contributed by atoms with Crippen LogP contribution in [0.25, 0.3) is 0 Å². The largest absolute Gasteiger partial charge is 0.396 e. The summed E-state index contributed by atoms with van der Waals surface area (Å²) in [5.74, 6) is 0. The Labute approximate surface area is 102 Å². The minimum absolute atomic E-state index is 0.0269. The number of aromatic nitrogens is 1. The van der Waals surface area contributed by atoms with Gasteiger partial charge in [-0.2, -0.15) is 0 Å². The molecule has 2 heterocycles. The minimum Gasteiger partial charge on any atom is -0.396 e. The van der Waals surface area contributed by atoms with Crippen LogP contribution in [0.2, 0.25) is 0 Å². The fourth-order valence-electron chi connectivity index (χ4n) is 1.81. The highest BCUT2D eigenvalue weighted by molar-refractivity contribution is 9.10. The van der Waals surface area contributed by atoms with Gasteiger partial charge in [0.15, 0.2) is 0 Å². The fraction of sp³-hybridized carbons (Fsp3) is 0.500. The van der Waals surface area contributed by atoms with Crippen molar-refractivity contribution in [1.29, 1.82) is 0 Å². The molecule has 6 heteroatoms. The molecule has 0 radical (unpaired) electrons. The van der Waals surface area contributed by atoms with Crippen molar-refractivity contribution in [2.24, 2.45) is 0 Å². The molecule has 0 amide bonds. The summed E-state index contributed by atoms with van der Waals surface area (Å²) < 4.78 is 6.26. The molecule has 1 unspecified atom stereocenters. The molecule has 1 aliphatic rings. The lowest BCUT2D eigenvalue weighted by Gasteiger charge is -2.34. The van der Waals surface area contributed by atoms with E-state index in [1.807, 2.05) is 0 Å². The number of halogens is 1. The molecule has 2 rings (SSSR count). The molecule has 0 bridgehead atoms. The molecule has 0 aromatic carbocycles. The molecule has 1 aromatic rings. The number of rotatable bonds is 2. The summed E-state index contributed by atoms with van der Waals surface area (Å²) in [6.45, 7) is 2.03. The van der Waals surface area contributed by atoms with Gasteiger partial charge in [0, 0.05) is 19.3 Å². The maximum absolute atomic E-state index is 9.09. The molecule has 0 aliphatic carbocycles. The number of nitrogens with zero attached hydrogens (tertiary/aromatic N) is 2. The van der Waals surface area contributed by atoms with Crippen molar-refractivity contribution in [3.8, 4) is 0 Å².